The van der Waals surface area contributed by atoms with E-state index < -0.39 is 0 Å². The van der Waals surface area contributed by atoms with E-state index in [4.69, 9.17) is 4.99 Å². The van der Waals surface area contributed by atoms with Crippen molar-refractivity contribution in [2.45, 2.75) is 38.3 Å². The summed E-state index contributed by atoms with van der Waals surface area (Å²) in [5.74, 6) is -0.0477. The molecule has 1 N–H and O–H groups in total. The van der Waals surface area contributed by atoms with Gasteiger partial charge in [-0.25, -0.2) is 4.98 Å². The second-order valence-electron chi connectivity index (χ2n) is 6.11. The van der Waals surface area contributed by atoms with Gasteiger partial charge in [0.1, 0.15) is 11.4 Å². The Kier molecular flexibility index (Phi) is 4.34. The van der Waals surface area contributed by atoms with Gasteiger partial charge >= 0.3 is 0 Å². The molecular weight excluding hydrogens is 300 g/mol. The minimum Gasteiger partial charge on any atom is -0.326 e. The van der Waals surface area contributed by atoms with E-state index in [-0.39, 0.29) is 11.6 Å². The Morgan fingerprint density at radius 2 is 1.83 bits per heavy atom. The van der Waals surface area contributed by atoms with E-state index in [9.17, 15) is 4.79 Å². The van der Waals surface area contributed by atoms with Crippen molar-refractivity contribution >= 4 is 11.6 Å². The van der Waals surface area contributed by atoms with Gasteiger partial charge in [-0.1, -0.05) is 12.1 Å². The summed E-state index contributed by atoms with van der Waals surface area (Å²) in [4.78, 5) is 21.1. The number of benzene rings is 1. The highest BCUT2D eigenvalue weighted by molar-refractivity contribution is 6.46. The van der Waals surface area contributed by atoms with Gasteiger partial charge in [-0.2, -0.15) is 0 Å². The first kappa shape index (κ1) is 16.2. The standard InChI is InChI=1S/C17H18N4O.C2H4/c1-12-10-18-11-21(12)14-6-4-13(5-7-14)15-16(22)20-17(19-15)8-2-3-9-17;1-2/h4-7,10-11H,2-3,8-9H2,1H3,(H,20,22);1-2H2. The summed E-state index contributed by atoms with van der Waals surface area (Å²) in [5.41, 5.74) is 3.23. The van der Waals surface area contributed by atoms with Crippen molar-refractivity contribution in [1.29, 1.82) is 0 Å². The van der Waals surface area contributed by atoms with E-state index in [1.54, 1.807) is 6.33 Å². The molecule has 1 spiro atoms. The van der Waals surface area contributed by atoms with Crippen LogP contribution in [0, 0.1) is 6.92 Å². The number of carbonyl (C=O) groups is 1. The van der Waals surface area contributed by atoms with Crippen LogP contribution in [-0.2, 0) is 4.79 Å². The molecule has 1 fully saturated rings. The molecule has 1 aromatic heterocycles. The number of aryl methyl sites for hydroxylation is 1. The fourth-order valence-electron chi connectivity index (χ4n) is 3.37. The second-order valence-corrected chi connectivity index (χ2v) is 6.11. The van der Waals surface area contributed by atoms with Crippen molar-refractivity contribution in [3.05, 3.63) is 61.2 Å². The molecule has 24 heavy (non-hydrogen) atoms. The molecule has 0 unspecified atom stereocenters. The zero-order chi connectivity index (χ0) is 17.2. The summed E-state index contributed by atoms with van der Waals surface area (Å²) in [7, 11) is 0. The van der Waals surface area contributed by atoms with Crippen LogP contribution in [0.3, 0.4) is 0 Å². The molecule has 5 heteroatoms. The largest absolute Gasteiger partial charge is 0.326 e. The lowest BCUT2D eigenvalue weighted by Crippen LogP contribution is -2.39. The molecule has 0 radical (unpaired) electrons. The number of aliphatic imine (C=N–C) groups is 1. The number of rotatable bonds is 2. The SMILES string of the molecule is C=C.Cc1cncn1-c1ccc(C2=NC3(CCCC3)NC2=O)cc1. The van der Waals surface area contributed by atoms with Crippen LogP contribution in [0.15, 0.2) is 54.9 Å². The molecule has 1 amide bonds. The van der Waals surface area contributed by atoms with E-state index in [0.29, 0.717) is 5.71 Å². The van der Waals surface area contributed by atoms with Gasteiger partial charge < -0.3 is 9.88 Å². The molecule has 1 aliphatic carbocycles. The number of nitrogens with zero attached hydrogens (tertiary/aromatic N) is 3. The summed E-state index contributed by atoms with van der Waals surface area (Å²) < 4.78 is 2.01. The minimum atomic E-state index is -0.327. The van der Waals surface area contributed by atoms with Gasteiger partial charge in [0.05, 0.1) is 6.33 Å². The minimum absolute atomic E-state index is 0.0477. The Hall–Kier alpha value is -2.69. The summed E-state index contributed by atoms with van der Waals surface area (Å²) in [6.45, 7) is 8.01. The lowest BCUT2D eigenvalue weighted by atomic mass is 10.1. The van der Waals surface area contributed by atoms with E-state index >= 15 is 0 Å². The number of hydrogen-bond acceptors (Lipinski definition) is 3. The molecule has 0 atom stereocenters. The van der Waals surface area contributed by atoms with Gasteiger partial charge in [0, 0.05) is 23.1 Å². The molecule has 2 heterocycles. The number of carbonyl (C=O) groups excluding carboxylic acids is 1. The van der Waals surface area contributed by atoms with E-state index in [1.807, 2.05) is 42.0 Å². The molecule has 0 saturated heterocycles. The molecule has 5 nitrogen and oxygen atoms in total. The van der Waals surface area contributed by atoms with Crippen molar-refractivity contribution < 1.29 is 4.79 Å². The molecule has 0 bridgehead atoms. The van der Waals surface area contributed by atoms with Crippen LogP contribution < -0.4 is 5.32 Å². The number of aromatic nitrogens is 2. The monoisotopic (exact) mass is 322 g/mol. The second kappa shape index (κ2) is 6.43. The summed E-state index contributed by atoms with van der Waals surface area (Å²) >= 11 is 0. The van der Waals surface area contributed by atoms with Crippen molar-refractivity contribution in [2.75, 3.05) is 0 Å². The lowest BCUT2D eigenvalue weighted by molar-refractivity contribution is -0.115. The highest BCUT2D eigenvalue weighted by Gasteiger charge is 2.41. The highest BCUT2D eigenvalue weighted by Crippen LogP contribution is 2.34. The number of hydrogen-bond donors (Lipinski definition) is 1. The first-order chi connectivity index (χ1) is 11.7. The van der Waals surface area contributed by atoms with Crippen LogP contribution in [0.4, 0.5) is 0 Å². The molecule has 1 aliphatic heterocycles. The first-order valence-electron chi connectivity index (χ1n) is 8.19. The third-order valence-corrected chi connectivity index (χ3v) is 4.56. The molecule has 2 aromatic rings. The maximum atomic E-state index is 12.2. The summed E-state index contributed by atoms with van der Waals surface area (Å²) in [6.07, 6.45) is 7.79. The average molecular weight is 322 g/mol. The van der Waals surface area contributed by atoms with Gasteiger partial charge in [-0.05, 0) is 44.7 Å². The fraction of sp³-hybridized carbons (Fsp3) is 0.316. The van der Waals surface area contributed by atoms with Crippen LogP contribution >= 0.6 is 0 Å². The first-order valence-corrected chi connectivity index (χ1v) is 8.19. The smallest absolute Gasteiger partial charge is 0.272 e. The van der Waals surface area contributed by atoms with Crippen molar-refractivity contribution in [2.24, 2.45) is 4.99 Å². The fourth-order valence-corrected chi connectivity index (χ4v) is 3.37. The molecule has 2 aliphatic rings. The van der Waals surface area contributed by atoms with Gasteiger partial charge in [0.2, 0.25) is 0 Å². The van der Waals surface area contributed by atoms with Gasteiger partial charge in [-0.3, -0.25) is 9.79 Å². The predicted octanol–water partition coefficient (Wildman–Crippen LogP) is 3.17. The maximum absolute atomic E-state index is 12.2. The Bertz CT molecular complexity index is 767. The zero-order valence-corrected chi connectivity index (χ0v) is 14.0. The van der Waals surface area contributed by atoms with Gasteiger partial charge in [0.15, 0.2) is 0 Å². The predicted molar refractivity (Wildman–Crippen MR) is 95.4 cm³/mol. The molecular formula is C19H22N4O. The molecule has 4 rings (SSSR count). The molecule has 1 saturated carbocycles. The third-order valence-electron chi connectivity index (χ3n) is 4.56. The van der Waals surface area contributed by atoms with Crippen LogP contribution in [0.1, 0.15) is 36.9 Å². The summed E-state index contributed by atoms with van der Waals surface area (Å²) in [5, 5.41) is 3.07. The highest BCUT2D eigenvalue weighted by atomic mass is 16.2. The van der Waals surface area contributed by atoms with Crippen molar-refractivity contribution in [3.63, 3.8) is 0 Å². The Labute approximate surface area is 142 Å². The van der Waals surface area contributed by atoms with E-state index in [2.05, 4.69) is 23.5 Å². The van der Waals surface area contributed by atoms with Crippen molar-refractivity contribution in [3.8, 4) is 5.69 Å². The Morgan fingerprint density at radius 1 is 1.17 bits per heavy atom. The van der Waals surface area contributed by atoms with Crippen LogP contribution in [0.2, 0.25) is 0 Å². The van der Waals surface area contributed by atoms with E-state index in [1.165, 1.54) is 0 Å². The van der Waals surface area contributed by atoms with Crippen molar-refractivity contribution in [1.82, 2.24) is 14.9 Å². The number of imidazole rings is 1. The number of amides is 1. The summed E-state index contributed by atoms with van der Waals surface area (Å²) in [6, 6.07) is 7.92. The topological polar surface area (TPSA) is 59.3 Å². The Balaban J connectivity index is 0.000000815. The van der Waals surface area contributed by atoms with Crippen LogP contribution in [-0.4, -0.2) is 26.8 Å². The van der Waals surface area contributed by atoms with Gasteiger partial charge in [0.25, 0.3) is 5.91 Å². The quantitative estimate of drug-likeness (QED) is 0.863. The normalized spacial score (nSPS) is 18.0. The maximum Gasteiger partial charge on any atom is 0.272 e. The van der Waals surface area contributed by atoms with E-state index in [0.717, 1.165) is 42.6 Å². The third kappa shape index (κ3) is 2.77. The Morgan fingerprint density at radius 3 is 2.42 bits per heavy atom. The molecule has 124 valence electrons. The zero-order valence-electron chi connectivity index (χ0n) is 14.0. The van der Waals surface area contributed by atoms with Gasteiger partial charge in [-0.15, -0.1) is 13.2 Å². The van der Waals surface area contributed by atoms with Crippen LogP contribution in [0.5, 0.6) is 0 Å². The van der Waals surface area contributed by atoms with Crippen LogP contribution in [0.25, 0.3) is 5.69 Å². The average Bonchev–Trinajstić information content (AvgIpc) is 3.31. The lowest BCUT2D eigenvalue weighted by Gasteiger charge is -2.18. The number of nitrogens with one attached hydrogen (secondary N) is 1. The molecule has 1 aromatic carbocycles.